The second kappa shape index (κ2) is 9.94. The van der Waals surface area contributed by atoms with Gasteiger partial charge in [0.1, 0.15) is 5.75 Å². The lowest BCUT2D eigenvalue weighted by Gasteiger charge is -2.42. The summed E-state index contributed by atoms with van der Waals surface area (Å²) >= 11 is 1.74. The molecule has 7 heteroatoms. The monoisotopic (exact) mass is 436 g/mol. The van der Waals surface area contributed by atoms with Crippen molar-refractivity contribution in [2.24, 2.45) is 0 Å². The van der Waals surface area contributed by atoms with E-state index in [9.17, 15) is 4.79 Å². The molecule has 0 bridgehead atoms. The Kier molecular flexibility index (Phi) is 6.84. The van der Waals surface area contributed by atoms with Gasteiger partial charge in [-0.05, 0) is 42.6 Å². The SMILES string of the molecule is COc1ccccc1N1CCN([C@@H](c2cccs2)[C@H](C)NC(=O)c2cccnc2)CC1. The maximum absolute atomic E-state index is 12.7. The molecule has 1 N–H and O–H groups in total. The van der Waals surface area contributed by atoms with Gasteiger partial charge in [-0.15, -0.1) is 11.3 Å². The van der Waals surface area contributed by atoms with Gasteiger partial charge in [0.2, 0.25) is 0 Å². The molecule has 31 heavy (non-hydrogen) atoms. The highest BCUT2D eigenvalue weighted by Gasteiger charge is 2.31. The van der Waals surface area contributed by atoms with E-state index in [-0.39, 0.29) is 18.0 Å². The van der Waals surface area contributed by atoms with E-state index < -0.39 is 0 Å². The summed E-state index contributed by atoms with van der Waals surface area (Å²) in [4.78, 5) is 22.9. The van der Waals surface area contributed by atoms with Gasteiger partial charge in [0.05, 0.1) is 24.4 Å². The highest BCUT2D eigenvalue weighted by molar-refractivity contribution is 7.10. The van der Waals surface area contributed by atoms with E-state index >= 15 is 0 Å². The first kappa shape index (κ1) is 21.3. The topological polar surface area (TPSA) is 57.7 Å². The number of nitrogens with one attached hydrogen (secondary N) is 1. The van der Waals surface area contributed by atoms with Crippen molar-refractivity contribution in [2.45, 2.75) is 19.0 Å². The molecule has 1 aromatic carbocycles. The number of para-hydroxylation sites is 2. The second-order valence-corrected chi connectivity index (χ2v) is 8.64. The van der Waals surface area contributed by atoms with Gasteiger partial charge in [-0.25, -0.2) is 0 Å². The summed E-state index contributed by atoms with van der Waals surface area (Å²) in [6.45, 7) is 5.73. The number of carbonyl (C=O) groups is 1. The Morgan fingerprint density at radius 3 is 2.58 bits per heavy atom. The Labute approximate surface area is 187 Å². The summed E-state index contributed by atoms with van der Waals surface area (Å²) in [6.07, 6.45) is 3.28. The number of ether oxygens (including phenoxy) is 1. The number of methoxy groups -OCH3 is 1. The third-order valence-electron chi connectivity index (χ3n) is 5.72. The molecule has 0 radical (unpaired) electrons. The minimum absolute atomic E-state index is 0.0378. The minimum Gasteiger partial charge on any atom is -0.495 e. The van der Waals surface area contributed by atoms with Crippen LogP contribution in [0.3, 0.4) is 0 Å². The molecule has 2 aromatic heterocycles. The van der Waals surface area contributed by atoms with Gasteiger partial charge in [-0.1, -0.05) is 18.2 Å². The summed E-state index contributed by atoms with van der Waals surface area (Å²) in [5.41, 5.74) is 1.72. The standard InChI is InChI=1S/C24H28N4O2S/c1-18(26-24(29)19-7-5-11-25-17-19)23(22-10-6-16-31-22)28-14-12-27(13-15-28)20-8-3-4-9-21(20)30-2/h3-11,16-18,23H,12-15H2,1-2H3,(H,26,29)/t18-,23+/m0/s1. The van der Waals surface area contributed by atoms with Crippen molar-refractivity contribution < 1.29 is 9.53 Å². The molecule has 1 aliphatic rings. The molecule has 6 nitrogen and oxygen atoms in total. The van der Waals surface area contributed by atoms with Crippen molar-refractivity contribution in [1.82, 2.24) is 15.2 Å². The molecule has 0 spiro atoms. The van der Waals surface area contributed by atoms with E-state index in [2.05, 4.69) is 56.7 Å². The first-order valence-corrected chi connectivity index (χ1v) is 11.4. The number of nitrogens with zero attached hydrogens (tertiary/aromatic N) is 3. The zero-order chi connectivity index (χ0) is 21.6. The van der Waals surface area contributed by atoms with Crippen LogP contribution in [0.1, 0.15) is 28.2 Å². The number of pyridine rings is 1. The number of anilines is 1. The Morgan fingerprint density at radius 1 is 1.10 bits per heavy atom. The Bertz CT molecular complexity index is 972. The van der Waals surface area contributed by atoms with Crippen molar-refractivity contribution in [2.75, 3.05) is 38.2 Å². The molecule has 1 aliphatic heterocycles. The molecule has 1 saturated heterocycles. The fourth-order valence-electron chi connectivity index (χ4n) is 4.20. The second-order valence-electron chi connectivity index (χ2n) is 7.66. The van der Waals surface area contributed by atoms with Crippen molar-refractivity contribution >= 4 is 22.9 Å². The van der Waals surface area contributed by atoms with E-state index in [0.717, 1.165) is 37.6 Å². The number of aromatic nitrogens is 1. The Balaban J connectivity index is 1.47. The molecule has 3 aromatic rings. The maximum atomic E-state index is 12.7. The van der Waals surface area contributed by atoms with Crippen LogP contribution in [0.15, 0.2) is 66.3 Å². The largest absolute Gasteiger partial charge is 0.495 e. The van der Waals surface area contributed by atoms with E-state index in [1.165, 1.54) is 4.88 Å². The van der Waals surface area contributed by atoms with E-state index in [4.69, 9.17) is 4.74 Å². The average molecular weight is 437 g/mol. The van der Waals surface area contributed by atoms with Crippen molar-refractivity contribution in [3.05, 3.63) is 76.7 Å². The van der Waals surface area contributed by atoms with Gasteiger partial charge in [-0.2, -0.15) is 0 Å². The van der Waals surface area contributed by atoms with Crippen LogP contribution >= 0.6 is 11.3 Å². The molecule has 0 aliphatic carbocycles. The smallest absolute Gasteiger partial charge is 0.253 e. The normalized spacial score (nSPS) is 16.5. The van der Waals surface area contributed by atoms with Gasteiger partial charge >= 0.3 is 0 Å². The van der Waals surface area contributed by atoms with Gasteiger partial charge in [0, 0.05) is 49.5 Å². The van der Waals surface area contributed by atoms with Crippen molar-refractivity contribution in [3.8, 4) is 5.75 Å². The fraction of sp³-hybridized carbons (Fsp3) is 0.333. The highest BCUT2D eigenvalue weighted by atomic mass is 32.1. The predicted octanol–water partition coefficient (Wildman–Crippen LogP) is 3.83. The molecule has 1 fully saturated rings. The summed E-state index contributed by atoms with van der Waals surface area (Å²) in [5, 5.41) is 5.30. The average Bonchev–Trinajstić information content (AvgIpc) is 3.34. The number of hydrogen-bond donors (Lipinski definition) is 1. The van der Waals surface area contributed by atoms with E-state index in [1.54, 1.807) is 43.0 Å². The lowest BCUT2D eigenvalue weighted by Crippen LogP contribution is -2.52. The molecule has 3 heterocycles. The minimum atomic E-state index is -0.0881. The zero-order valence-corrected chi connectivity index (χ0v) is 18.7. The van der Waals surface area contributed by atoms with Crippen LogP contribution in [0.25, 0.3) is 0 Å². The van der Waals surface area contributed by atoms with Crippen LogP contribution in [0.5, 0.6) is 5.75 Å². The van der Waals surface area contributed by atoms with E-state index in [1.807, 2.05) is 12.1 Å². The van der Waals surface area contributed by atoms with Gasteiger partial charge in [-0.3, -0.25) is 14.7 Å². The molecular weight excluding hydrogens is 408 g/mol. The summed E-state index contributed by atoms with van der Waals surface area (Å²) in [7, 11) is 1.72. The molecule has 4 rings (SSSR count). The summed E-state index contributed by atoms with van der Waals surface area (Å²) < 4.78 is 5.55. The van der Waals surface area contributed by atoms with Gasteiger partial charge in [0.15, 0.2) is 0 Å². The Hall–Kier alpha value is -2.90. The third kappa shape index (κ3) is 4.89. The highest BCUT2D eigenvalue weighted by Crippen LogP contribution is 2.32. The number of thiophene rings is 1. The maximum Gasteiger partial charge on any atom is 0.253 e. The molecule has 162 valence electrons. The molecule has 2 atom stereocenters. The van der Waals surface area contributed by atoms with Crippen LogP contribution in [0, 0.1) is 0 Å². The van der Waals surface area contributed by atoms with Crippen LogP contribution in [-0.4, -0.2) is 55.1 Å². The first-order chi connectivity index (χ1) is 15.2. The van der Waals surface area contributed by atoms with Crippen LogP contribution in [0.2, 0.25) is 0 Å². The van der Waals surface area contributed by atoms with E-state index in [0.29, 0.717) is 5.56 Å². The zero-order valence-electron chi connectivity index (χ0n) is 17.9. The lowest BCUT2D eigenvalue weighted by atomic mass is 10.0. The molecule has 0 unspecified atom stereocenters. The van der Waals surface area contributed by atoms with Crippen molar-refractivity contribution in [3.63, 3.8) is 0 Å². The quantitative estimate of drug-likeness (QED) is 0.610. The van der Waals surface area contributed by atoms with Gasteiger partial charge < -0.3 is 15.0 Å². The number of rotatable bonds is 7. The first-order valence-electron chi connectivity index (χ1n) is 10.5. The summed E-state index contributed by atoms with van der Waals surface area (Å²) in [6, 6.07) is 16.1. The lowest BCUT2D eigenvalue weighted by molar-refractivity contribution is 0.0890. The van der Waals surface area contributed by atoms with Crippen LogP contribution < -0.4 is 15.0 Å². The number of piperazine rings is 1. The number of carbonyl (C=O) groups excluding carboxylic acids is 1. The fourth-order valence-corrected chi connectivity index (χ4v) is 5.16. The number of benzene rings is 1. The predicted molar refractivity (Wildman–Crippen MR) is 125 cm³/mol. The number of amides is 1. The Morgan fingerprint density at radius 2 is 1.90 bits per heavy atom. The van der Waals surface area contributed by atoms with Gasteiger partial charge in [0.25, 0.3) is 5.91 Å². The molecular formula is C24H28N4O2S. The molecule has 1 amide bonds. The molecule has 0 saturated carbocycles. The van der Waals surface area contributed by atoms with Crippen LogP contribution in [-0.2, 0) is 0 Å². The van der Waals surface area contributed by atoms with Crippen molar-refractivity contribution in [1.29, 1.82) is 0 Å². The van der Waals surface area contributed by atoms with Crippen LogP contribution in [0.4, 0.5) is 5.69 Å². The summed E-state index contributed by atoms with van der Waals surface area (Å²) in [5.74, 6) is 0.817. The number of hydrogen-bond acceptors (Lipinski definition) is 6. The third-order valence-corrected chi connectivity index (χ3v) is 6.67.